The summed E-state index contributed by atoms with van der Waals surface area (Å²) in [6, 6.07) is 3.88. The lowest BCUT2D eigenvalue weighted by Gasteiger charge is -2.09. The van der Waals surface area contributed by atoms with E-state index >= 15 is 0 Å². The van der Waals surface area contributed by atoms with Gasteiger partial charge in [0.05, 0.1) is 5.69 Å². The lowest BCUT2D eigenvalue weighted by Crippen LogP contribution is -2.12. The molecule has 0 aliphatic carbocycles. The van der Waals surface area contributed by atoms with E-state index in [9.17, 15) is 4.79 Å². The van der Waals surface area contributed by atoms with Crippen molar-refractivity contribution in [2.24, 2.45) is 0 Å². The van der Waals surface area contributed by atoms with Crippen LogP contribution in [0.1, 0.15) is 33.4 Å². The maximum absolute atomic E-state index is 12.2. The topological polar surface area (TPSA) is 54.9 Å². The van der Waals surface area contributed by atoms with Crippen molar-refractivity contribution in [2.45, 2.75) is 27.2 Å². The van der Waals surface area contributed by atoms with E-state index in [1.807, 2.05) is 32.9 Å². The second-order valence-electron chi connectivity index (χ2n) is 4.28. The lowest BCUT2D eigenvalue weighted by molar-refractivity contribution is 0.102. The summed E-state index contributed by atoms with van der Waals surface area (Å²) in [5.74, 6) is -0.145. The molecule has 6 heteroatoms. The summed E-state index contributed by atoms with van der Waals surface area (Å²) < 4.78 is 4.90. The third kappa shape index (κ3) is 3.01. The van der Waals surface area contributed by atoms with E-state index in [0.717, 1.165) is 38.5 Å². The van der Waals surface area contributed by atoms with Gasteiger partial charge in [-0.15, -0.1) is 5.10 Å². The van der Waals surface area contributed by atoms with Crippen molar-refractivity contribution in [3.63, 3.8) is 0 Å². The molecular weight excluding hydrogens is 326 g/mol. The number of amides is 1. The fourth-order valence-corrected chi connectivity index (χ4v) is 2.69. The molecule has 2 rings (SSSR count). The summed E-state index contributed by atoms with van der Waals surface area (Å²) in [6.07, 6.45) is 0.706. The van der Waals surface area contributed by atoms with Crippen LogP contribution >= 0.6 is 27.5 Å². The van der Waals surface area contributed by atoms with E-state index in [1.54, 1.807) is 0 Å². The van der Waals surface area contributed by atoms with Gasteiger partial charge in [0.1, 0.15) is 4.88 Å². The number of hydrogen-bond acceptors (Lipinski definition) is 4. The first-order valence-electron chi connectivity index (χ1n) is 5.92. The number of hydrogen-bond donors (Lipinski definition) is 1. The Hall–Kier alpha value is -1.27. The highest BCUT2D eigenvalue weighted by molar-refractivity contribution is 9.10. The van der Waals surface area contributed by atoms with E-state index in [0.29, 0.717) is 11.3 Å². The number of nitrogens with zero attached hydrogens (tertiary/aromatic N) is 2. The second kappa shape index (κ2) is 5.79. The molecule has 0 aliphatic heterocycles. The smallest absolute Gasteiger partial charge is 0.269 e. The molecule has 100 valence electrons. The third-order valence-corrected chi connectivity index (χ3v) is 4.81. The minimum absolute atomic E-state index is 0.145. The predicted octanol–water partition coefficient (Wildman–Crippen LogP) is 3.73. The van der Waals surface area contributed by atoms with Crippen LogP contribution in [0.2, 0.25) is 0 Å². The van der Waals surface area contributed by atoms with Crippen molar-refractivity contribution >= 4 is 39.1 Å². The van der Waals surface area contributed by atoms with Gasteiger partial charge in [-0.2, -0.15) is 0 Å². The average molecular weight is 340 g/mol. The van der Waals surface area contributed by atoms with Crippen LogP contribution in [-0.4, -0.2) is 15.5 Å². The Bertz CT molecular complexity index is 601. The number of halogens is 1. The zero-order valence-corrected chi connectivity index (χ0v) is 13.4. The Balaban J connectivity index is 2.24. The molecule has 0 atom stereocenters. The van der Waals surface area contributed by atoms with Crippen molar-refractivity contribution in [1.82, 2.24) is 9.59 Å². The molecule has 2 aromatic rings. The maximum Gasteiger partial charge on any atom is 0.269 e. The van der Waals surface area contributed by atoms with Crippen LogP contribution in [0, 0.1) is 13.8 Å². The fourth-order valence-electron chi connectivity index (χ4n) is 1.82. The summed E-state index contributed by atoms with van der Waals surface area (Å²) in [6.45, 7) is 5.96. The number of carbonyl (C=O) groups is 1. The normalized spacial score (nSPS) is 10.5. The molecule has 0 radical (unpaired) electrons. The minimum atomic E-state index is -0.145. The Kier molecular flexibility index (Phi) is 4.31. The van der Waals surface area contributed by atoms with E-state index < -0.39 is 0 Å². The molecule has 1 aromatic carbocycles. The van der Waals surface area contributed by atoms with Gasteiger partial charge in [-0.25, -0.2) is 0 Å². The van der Waals surface area contributed by atoms with Gasteiger partial charge in [-0.1, -0.05) is 27.3 Å². The van der Waals surface area contributed by atoms with E-state index in [1.165, 1.54) is 0 Å². The summed E-state index contributed by atoms with van der Waals surface area (Å²) >= 11 is 4.64. The number of nitrogens with one attached hydrogen (secondary N) is 1. The zero-order valence-electron chi connectivity index (χ0n) is 11.0. The van der Waals surface area contributed by atoms with Crippen molar-refractivity contribution in [3.8, 4) is 0 Å². The predicted molar refractivity (Wildman–Crippen MR) is 80.9 cm³/mol. The molecule has 0 spiro atoms. The highest BCUT2D eigenvalue weighted by atomic mass is 79.9. The first-order valence-corrected chi connectivity index (χ1v) is 7.49. The van der Waals surface area contributed by atoms with Crippen molar-refractivity contribution in [2.75, 3.05) is 5.32 Å². The number of anilines is 1. The Morgan fingerprint density at radius 2 is 2.00 bits per heavy atom. The third-order valence-electron chi connectivity index (χ3n) is 2.79. The van der Waals surface area contributed by atoms with Gasteiger partial charge in [0.25, 0.3) is 5.91 Å². The molecule has 0 saturated carbocycles. The summed E-state index contributed by atoms with van der Waals surface area (Å²) in [5.41, 5.74) is 3.72. The van der Waals surface area contributed by atoms with Crippen LogP contribution in [0.5, 0.6) is 0 Å². The van der Waals surface area contributed by atoms with Gasteiger partial charge in [-0.3, -0.25) is 4.79 Å². The average Bonchev–Trinajstić information content (AvgIpc) is 2.84. The van der Waals surface area contributed by atoms with Crippen LogP contribution < -0.4 is 5.32 Å². The Morgan fingerprint density at radius 1 is 1.37 bits per heavy atom. The Labute approximate surface area is 124 Å². The standard InChI is InChI=1S/C13H14BrN3OS/c1-4-10-12(19-17-16-10)13(18)15-9-5-7(2)11(14)8(3)6-9/h5-6H,4H2,1-3H3,(H,15,18). The molecule has 0 saturated heterocycles. The second-order valence-corrected chi connectivity index (χ2v) is 5.83. The highest BCUT2D eigenvalue weighted by Crippen LogP contribution is 2.25. The van der Waals surface area contributed by atoms with Crippen LogP contribution in [0.15, 0.2) is 16.6 Å². The molecule has 1 N–H and O–H groups in total. The number of aryl methyl sites for hydroxylation is 3. The van der Waals surface area contributed by atoms with Gasteiger partial charge in [0.2, 0.25) is 0 Å². The summed E-state index contributed by atoms with van der Waals surface area (Å²) in [4.78, 5) is 12.8. The molecule has 0 fully saturated rings. The molecule has 0 bridgehead atoms. The van der Waals surface area contributed by atoms with Gasteiger partial charge < -0.3 is 5.32 Å². The quantitative estimate of drug-likeness (QED) is 0.926. The fraction of sp³-hybridized carbons (Fsp3) is 0.308. The zero-order chi connectivity index (χ0) is 14.0. The van der Waals surface area contributed by atoms with E-state index in [4.69, 9.17) is 0 Å². The van der Waals surface area contributed by atoms with Crippen LogP contribution in [0.3, 0.4) is 0 Å². The van der Waals surface area contributed by atoms with Crippen LogP contribution in [0.4, 0.5) is 5.69 Å². The van der Waals surface area contributed by atoms with Crippen molar-refractivity contribution in [3.05, 3.63) is 38.3 Å². The van der Waals surface area contributed by atoms with E-state index in [-0.39, 0.29) is 5.91 Å². The molecule has 4 nitrogen and oxygen atoms in total. The number of carbonyl (C=O) groups excluding carboxylic acids is 1. The van der Waals surface area contributed by atoms with Crippen LogP contribution in [-0.2, 0) is 6.42 Å². The van der Waals surface area contributed by atoms with E-state index in [2.05, 4.69) is 30.8 Å². The van der Waals surface area contributed by atoms with Crippen molar-refractivity contribution in [1.29, 1.82) is 0 Å². The number of aromatic nitrogens is 2. The molecule has 19 heavy (non-hydrogen) atoms. The maximum atomic E-state index is 12.2. The first-order chi connectivity index (χ1) is 9.02. The van der Waals surface area contributed by atoms with Gasteiger partial charge in [-0.05, 0) is 55.1 Å². The summed E-state index contributed by atoms with van der Waals surface area (Å²) in [7, 11) is 0. The van der Waals surface area contributed by atoms with Crippen molar-refractivity contribution < 1.29 is 4.79 Å². The molecule has 1 heterocycles. The SMILES string of the molecule is CCc1nnsc1C(=O)Nc1cc(C)c(Br)c(C)c1. The van der Waals surface area contributed by atoms with Gasteiger partial charge >= 0.3 is 0 Å². The molecule has 0 aliphatic rings. The lowest BCUT2D eigenvalue weighted by atomic mass is 10.1. The summed E-state index contributed by atoms with van der Waals surface area (Å²) in [5, 5.41) is 6.85. The molecule has 1 aromatic heterocycles. The first kappa shape index (κ1) is 14.1. The minimum Gasteiger partial charge on any atom is -0.321 e. The molecular formula is C13H14BrN3OS. The number of benzene rings is 1. The largest absolute Gasteiger partial charge is 0.321 e. The van der Waals surface area contributed by atoms with Gasteiger partial charge in [0.15, 0.2) is 0 Å². The number of rotatable bonds is 3. The molecule has 1 amide bonds. The van der Waals surface area contributed by atoms with Gasteiger partial charge in [0, 0.05) is 10.2 Å². The van der Waals surface area contributed by atoms with Crippen LogP contribution in [0.25, 0.3) is 0 Å². The monoisotopic (exact) mass is 339 g/mol. The highest BCUT2D eigenvalue weighted by Gasteiger charge is 2.15. The molecule has 0 unspecified atom stereocenters. The Morgan fingerprint density at radius 3 is 2.58 bits per heavy atom.